The van der Waals surface area contributed by atoms with E-state index in [1.807, 2.05) is 26.0 Å². The van der Waals surface area contributed by atoms with Crippen LogP contribution in [-0.4, -0.2) is 43.4 Å². The Morgan fingerprint density at radius 3 is 2.52 bits per heavy atom. The molecule has 1 aliphatic rings. The van der Waals surface area contributed by atoms with Crippen molar-refractivity contribution >= 4 is 52.5 Å². The van der Waals surface area contributed by atoms with E-state index in [9.17, 15) is 14.9 Å². The van der Waals surface area contributed by atoms with Crippen LogP contribution in [0.25, 0.3) is 11.2 Å². The van der Waals surface area contributed by atoms with E-state index in [0.29, 0.717) is 41.3 Å². The number of carbonyl (C=O) groups excluding carboxylic acids is 1. The van der Waals surface area contributed by atoms with Gasteiger partial charge in [-0.15, -0.1) is 6.58 Å². The number of benzene rings is 1. The number of aldehydes is 1. The molecule has 46 heavy (non-hydrogen) atoms. The molecule has 2 aromatic heterocycles. The lowest BCUT2D eigenvalue weighted by molar-refractivity contribution is -0.384. The van der Waals surface area contributed by atoms with E-state index in [-0.39, 0.29) is 17.5 Å². The van der Waals surface area contributed by atoms with Crippen molar-refractivity contribution < 1.29 is 19.7 Å². The molecule has 4 rings (SSSR count). The topological polar surface area (TPSA) is 229 Å². The van der Waals surface area contributed by atoms with Crippen molar-refractivity contribution in [2.75, 3.05) is 23.2 Å². The molecule has 0 saturated heterocycles. The number of ether oxygens (including phenoxy) is 1. The molecule has 3 heterocycles. The monoisotopic (exact) mass is 650 g/mol. The number of nitro benzene ring substituents is 1. The third kappa shape index (κ3) is 13.8. The molecular weight excluding hydrogens is 612 g/mol. The van der Waals surface area contributed by atoms with Gasteiger partial charge < -0.3 is 36.2 Å². The van der Waals surface area contributed by atoms with Crippen molar-refractivity contribution in [3.63, 3.8) is 0 Å². The zero-order valence-corrected chi connectivity index (χ0v) is 26.6. The molecule has 8 N–H and O–H groups in total. The molecule has 244 valence electrons. The number of rotatable bonds is 8. The lowest BCUT2D eigenvalue weighted by Gasteiger charge is -2.16. The van der Waals surface area contributed by atoms with E-state index >= 15 is 0 Å². The Kier molecular flexibility index (Phi) is 17.7. The molecule has 0 atom stereocenters. The fraction of sp³-hybridized carbons (Fsp3) is 0.167. The first-order chi connectivity index (χ1) is 22.0. The number of anilines is 3. The zero-order valence-electron chi connectivity index (χ0n) is 25.8. The van der Waals surface area contributed by atoms with Crippen LogP contribution in [-0.2, 0) is 11.3 Å². The molecule has 3 aromatic rings. The van der Waals surface area contributed by atoms with E-state index < -0.39 is 4.92 Å². The number of aromatic nitrogens is 4. The van der Waals surface area contributed by atoms with Gasteiger partial charge in [-0.25, -0.2) is 15.4 Å². The van der Waals surface area contributed by atoms with E-state index in [4.69, 9.17) is 21.4 Å². The second-order valence-electron chi connectivity index (χ2n) is 8.66. The average molecular weight is 651 g/mol. The van der Waals surface area contributed by atoms with Gasteiger partial charge in [-0.1, -0.05) is 31.4 Å². The third-order valence-electron chi connectivity index (χ3n) is 5.03. The number of nitrogens with one attached hydrogen (secondary N) is 3. The molecule has 0 amide bonds. The molecule has 0 radical (unpaired) electrons. The van der Waals surface area contributed by atoms with Crippen LogP contribution in [0.2, 0.25) is 0 Å². The summed E-state index contributed by atoms with van der Waals surface area (Å²) in [5.41, 5.74) is 16.3. The fourth-order valence-corrected chi connectivity index (χ4v) is 3.73. The smallest absolute Gasteiger partial charge is 0.273 e. The van der Waals surface area contributed by atoms with Crippen LogP contribution in [0, 0.1) is 10.1 Å². The molecule has 1 aromatic carbocycles. The van der Waals surface area contributed by atoms with Gasteiger partial charge in [0.05, 0.1) is 35.1 Å². The predicted molar refractivity (Wildman–Crippen MR) is 183 cm³/mol. The van der Waals surface area contributed by atoms with Crippen molar-refractivity contribution in [1.29, 1.82) is 0 Å². The minimum atomic E-state index is -0.451. The van der Waals surface area contributed by atoms with Gasteiger partial charge in [0, 0.05) is 30.1 Å². The summed E-state index contributed by atoms with van der Waals surface area (Å²) in [5.74, 6) is 1.33. The Morgan fingerprint density at radius 2 is 1.93 bits per heavy atom. The molecular formula is C30H38N10O5S. The summed E-state index contributed by atoms with van der Waals surface area (Å²) in [6.45, 7) is 15.0. The van der Waals surface area contributed by atoms with Gasteiger partial charge in [0.25, 0.3) is 5.69 Å². The summed E-state index contributed by atoms with van der Waals surface area (Å²) in [6.07, 6.45) is 13.2. The lowest BCUT2D eigenvalue weighted by Crippen LogP contribution is -2.12. The van der Waals surface area contributed by atoms with Crippen molar-refractivity contribution in [2.24, 2.45) is 0 Å². The van der Waals surface area contributed by atoms with Crippen LogP contribution in [0.1, 0.15) is 26.0 Å². The molecule has 0 aliphatic carbocycles. The highest BCUT2D eigenvalue weighted by molar-refractivity contribution is 8.04. The first kappa shape index (κ1) is 38.4. The first-order valence-electron chi connectivity index (χ1n) is 13.4. The fourth-order valence-electron chi connectivity index (χ4n) is 3.12. The molecule has 16 heteroatoms. The number of nitro groups is 1. The quantitative estimate of drug-likeness (QED) is 0.0463. The highest BCUT2D eigenvalue weighted by atomic mass is 32.2. The van der Waals surface area contributed by atoms with Gasteiger partial charge in [-0.05, 0) is 50.1 Å². The van der Waals surface area contributed by atoms with Gasteiger partial charge in [-0.2, -0.15) is 9.97 Å². The summed E-state index contributed by atoms with van der Waals surface area (Å²) in [5, 5.41) is 21.3. The van der Waals surface area contributed by atoms with Gasteiger partial charge in [0.1, 0.15) is 12.0 Å². The Balaban J connectivity index is 0.000000374. The normalized spacial score (nSPS) is 13.7. The number of nitrogen functional groups attached to an aromatic ring is 2. The Hall–Kier alpha value is -5.58. The summed E-state index contributed by atoms with van der Waals surface area (Å²) in [6, 6.07) is 4.46. The highest BCUT2D eigenvalue weighted by Crippen LogP contribution is 2.36. The summed E-state index contributed by atoms with van der Waals surface area (Å²) in [7, 11) is 1.43. The van der Waals surface area contributed by atoms with Crippen LogP contribution in [0.3, 0.4) is 0 Å². The molecule has 15 nitrogen and oxygen atoms in total. The second-order valence-corrected chi connectivity index (χ2v) is 9.71. The van der Waals surface area contributed by atoms with Crippen LogP contribution in [0.15, 0.2) is 97.0 Å². The van der Waals surface area contributed by atoms with E-state index in [0.717, 1.165) is 22.6 Å². The predicted octanol–water partition coefficient (Wildman–Crippen LogP) is 5.14. The molecule has 0 unspecified atom stereocenters. The summed E-state index contributed by atoms with van der Waals surface area (Å²) in [4.78, 5) is 37.0. The third-order valence-corrected chi connectivity index (χ3v) is 5.80. The van der Waals surface area contributed by atoms with E-state index in [2.05, 4.69) is 49.7 Å². The van der Waals surface area contributed by atoms with Crippen LogP contribution >= 0.6 is 11.9 Å². The molecule has 0 bridgehead atoms. The van der Waals surface area contributed by atoms with E-state index in [1.54, 1.807) is 42.0 Å². The number of nitrogens with zero attached hydrogens (tertiary/aromatic N) is 5. The number of fused-ring (bicyclic) bond motifs is 2. The van der Waals surface area contributed by atoms with Gasteiger partial charge >= 0.3 is 0 Å². The van der Waals surface area contributed by atoms with Crippen LogP contribution in [0.4, 0.5) is 23.1 Å². The number of hydrogen-bond donors (Lipinski definition) is 6. The number of hydrogen-bond acceptors (Lipinski definition) is 15. The number of hydroxylamine groups is 1. The SMILES string of the molecule is C=C/C=C(\C)NCc1cnc2nc(N)nc(N)c2n1.C=C/C=C1\C=C(/C)SNc2ccc([N+](=O)[O-])cc2O1.C=CCC=O.CNO. The molecule has 0 fully saturated rings. The Morgan fingerprint density at radius 1 is 1.22 bits per heavy atom. The Labute approximate surface area is 271 Å². The average Bonchev–Trinajstić information content (AvgIpc) is 3.00. The number of non-ortho nitro benzene ring substituents is 1. The molecule has 1 aliphatic heterocycles. The number of nitrogens with two attached hydrogens (primary N) is 2. The molecule has 0 spiro atoms. The minimum Gasteiger partial charge on any atom is -0.455 e. The van der Waals surface area contributed by atoms with Crippen molar-refractivity contribution in [3.8, 4) is 5.75 Å². The first-order valence-corrected chi connectivity index (χ1v) is 14.2. The standard InChI is InChI=1S/C13H12N2O3S.C12H15N7.C4H6O.CH5NO/c1-3-4-11-7-9(2)19-14-12-6-5-10(15(16)17)8-13(12)18-11;1-3-4-7(2)15-5-8-6-16-11-9(17-8)10(13)18-12(14)19-11;1-2-3-4-5;1-2-3/h3-8,14H,1H2,2H3;3-4,6,15H,1,5H2,2H3,(H4,13,14,16,18,19);2,4H,1,3H2;2-3H,1H3/b9-7+,11-4+;7-4+;;. The highest BCUT2D eigenvalue weighted by Gasteiger charge is 2.15. The largest absolute Gasteiger partial charge is 0.455 e. The lowest BCUT2D eigenvalue weighted by atomic mass is 10.2. The van der Waals surface area contributed by atoms with Gasteiger partial charge in [-0.3, -0.25) is 10.1 Å². The van der Waals surface area contributed by atoms with Crippen LogP contribution < -0.4 is 31.7 Å². The van der Waals surface area contributed by atoms with Crippen molar-refractivity contribution in [1.82, 2.24) is 30.7 Å². The zero-order chi connectivity index (χ0) is 34.5. The van der Waals surface area contributed by atoms with Gasteiger partial charge in [0.15, 0.2) is 22.7 Å². The van der Waals surface area contributed by atoms with E-state index in [1.165, 1.54) is 31.1 Å². The summed E-state index contributed by atoms with van der Waals surface area (Å²) >= 11 is 1.42. The van der Waals surface area contributed by atoms with Crippen molar-refractivity contribution in [2.45, 2.75) is 26.8 Å². The number of allylic oxidation sites excluding steroid dienone is 8. The van der Waals surface area contributed by atoms with Gasteiger partial charge in [0.2, 0.25) is 5.95 Å². The minimum absolute atomic E-state index is 0.00946. The molecule has 0 saturated carbocycles. The summed E-state index contributed by atoms with van der Waals surface area (Å²) < 4.78 is 8.76. The number of carbonyl (C=O) groups is 1. The van der Waals surface area contributed by atoms with Crippen LogP contribution in [0.5, 0.6) is 5.75 Å². The Bertz CT molecular complexity index is 1600. The maximum Gasteiger partial charge on any atom is 0.273 e. The maximum atomic E-state index is 10.8. The second kappa shape index (κ2) is 21.2. The maximum absolute atomic E-state index is 10.8. The van der Waals surface area contributed by atoms with Crippen molar-refractivity contribution in [3.05, 3.63) is 113 Å².